The normalized spacial score (nSPS) is 29.6. The molecule has 1 rings (SSSR count). The van der Waals surface area contributed by atoms with Crippen molar-refractivity contribution in [2.24, 2.45) is 17.3 Å². The molecular formula is C20H40O. The van der Waals surface area contributed by atoms with E-state index >= 15 is 0 Å². The standard InChI is InChI=1S/C20H40O/c1-7-9-13-19(6,12-8-2)16-21-20(17(3)4)14-10-11-18(5)15-20/h17-18H,7-16H2,1-6H3. The number of hydrogen-bond acceptors (Lipinski definition) is 1. The summed E-state index contributed by atoms with van der Waals surface area (Å²) >= 11 is 0. The lowest BCUT2D eigenvalue weighted by Gasteiger charge is -2.45. The summed E-state index contributed by atoms with van der Waals surface area (Å²) in [6, 6.07) is 0. The number of rotatable bonds is 9. The summed E-state index contributed by atoms with van der Waals surface area (Å²) in [7, 11) is 0. The Morgan fingerprint density at radius 1 is 1.19 bits per heavy atom. The summed E-state index contributed by atoms with van der Waals surface area (Å²) in [6.45, 7) is 15.2. The van der Waals surface area contributed by atoms with Crippen LogP contribution in [0.1, 0.15) is 99.3 Å². The molecule has 0 aromatic carbocycles. The van der Waals surface area contributed by atoms with Gasteiger partial charge in [0.1, 0.15) is 0 Å². The van der Waals surface area contributed by atoms with Crippen LogP contribution in [-0.2, 0) is 4.74 Å². The first-order valence-electron chi connectivity index (χ1n) is 9.51. The first-order chi connectivity index (χ1) is 9.87. The summed E-state index contributed by atoms with van der Waals surface area (Å²) in [5, 5.41) is 0. The van der Waals surface area contributed by atoms with E-state index in [0.717, 1.165) is 12.5 Å². The molecule has 3 atom stereocenters. The van der Waals surface area contributed by atoms with E-state index in [1.807, 2.05) is 0 Å². The quantitative estimate of drug-likeness (QED) is 0.465. The van der Waals surface area contributed by atoms with Gasteiger partial charge >= 0.3 is 0 Å². The second-order valence-corrected chi connectivity index (χ2v) is 8.37. The van der Waals surface area contributed by atoms with E-state index in [9.17, 15) is 0 Å². The van der Waals surface area contributed by atoms with Crippen LogP contribution in [0.2, 0.25) is 0 Å². The Morgan fingerprint density at radius 3 is 2.43 bits per heavy atom. The fraction of sp³-hybridized carbons (Fsp3) is 1.00. The summed E-state index contributed by atoms with van der Waals surface area (Å²) < 4.78 is 6.72. The third-order valence-electron chi connectivity index (χ3n) is 5.74. The molecule has 1 aliphatic rings. The molecule has 1 saturated carbocycles. The molecule has 0 saturated heterocycles. The summed E-state index contributed by atoms with van der Waals surface area (Å²) in [5.74, 6) is 1.46. The second-order valence-electron chi connectivity index (χ2n) is 8.37. The van der Waals surface area contributed by atoms with Gasteiger partial charge in [0, 0.05) is 0 Å². The molecule has 0 aromatic heterocycles. The van der Waals surface area contributed by atoms with Gasteiger partial charge in [-0.15, -0.1) is 0 Å². The van der Waals surface area contributed by atoms with Gasteiger partial charge in [-0.3, -0.25) is 0 Å². The van der Waals surface area contributed by atoms with Crippen LogP contribution in [0, 0.1) is 17.3 Å². The van der Waals surface area contributed by atoms with Crippen LogP contribution in [0.5, 0.6) is 0 Å². The van der Waals surface area contributed by atoms with E-state index in [2.05, 4.69) is 41.5 Å². The molecule has 1 nitrogen and oxygen atoms in total. The van der Waals surface area contributed by atoms with Gasteiger partial charge in [0.15, 0.2) is 0 Å². The topological polar surface area (TPSA) is 9.23 Å². The van der Waals surface area contributed by atoms with E-state index in [0.29, 0.717) is 11.3 Å². The van der Waals surface area contributed by atoms with Crippen molar-refractivity contribution in [3.05, 3.63) is 0 Å². The van der Waals surface area contributed by atoms with Crippen molar-refractivity contribution < 1.29 is 4.74 Å². The van der Waals surface area contributed by atoms with Gasteiger partial charge in [-0.25, -0.2) is 0 Å². The molecule has 0 radical (unpaired) electrons. The van der Waals surface area contributed by atoms with E-state index in [1.54, 1.807) is 0 Å². The SMILES string of the molecule is CCCCC(C)(CCC)COC1(C(C)C)CCCC(C)C1. The van der Waals surface area contributed by atoms with Crippen LogP contribution in [0.25, 0.3) is 0 Å². The van der Waals surface area contributed by atoms with E-state index in [-0.39, 0.29) is 5.60 Å². The van der Waals surface area contributed by atoms with Crippen LogP contribution in [0.3, 0.4) is 0 Å². The highest BCUT2D eigenvalue weighted by Gasteiger charge is 2.40. The van der Waals surface area contributed by atoms with Gasteiger partial charge in [-0.2, -0.15) is 0 Å². The van der Waals surface area contributed by atoms with Crippen LogP contribution >= 0.6 is 0 Å². The molecule has 0 spiro atoms. The smallest absolute Gasteiger partial charge is 0.0708 e. The third kappa shape index (κ3) is 5.58. The highest BCUT2D eigenvalue weighted by molar-refractivity contribution is 4.90. The molecule has 1 fully saturated rings. The van der Waals surface area contributed by atoms with Crippen molar-refractivity contribution in [3.8, 4) is 0 Å². The van der Waals surface area contributed by atoms with Crippen LogP contribution in [0.15, 0.2) is 0 Å². The molecule has 0 aliphatic heterocycles. The zero-order valence-electron chi connectivity index (χ0n) is 15.6. The third-order valence-corrected chi connectivity index (χ3v) is 5.74. The molecule has 1 aliphatic carbocycles. The Balaban J connectivity index is 2.69. The van der Waals surface area contributed by atoms with Crippen molar-refractivity contribution in [1.82, 2.24) is 0 Å². The minimum absolute atomic E-state index is 0.152. The molecule has 3 unspecified atom stereocenters. The number of ether oxygens (including phenoxy) is 1. The van der Waals surface area contributed by atoms with E-state index in [4.69, 9.17) is 4.74 Å². The number of hydrogen-bond donors (Lipinski definition) is 0. The maximum absolute atomic E-state index is 6.72. The summed E-state index contributed by atoms with van der Waals surface area (Å²) in [4.78, 5) is 0. The van der Waals surface area contributed by atoms with Crippen LogP contribution in [-0.4, -0.2) is 12.2 Å². The molecule has 126 valence electrons. The van der Waals surface area contributed by atoms with E-state index in [1.165, 1.54) is 57.8 Å². The maximum atomic E-state index is 6.72. The minimum atomic E-state index is 0.152. The lowest BCUT2D eigenvalue weighted by atomic mass is 9.72. The molecule has 0 aromatic rings. The predicted molar refractivity (Wildman–Crippen MR) is 93.7 cm³/mol. The van der Waals surface area contributed by atoms with Crippen molar-refractivity contribution >= 4 is 0 Å². The van der Waals surface area contributed by atoms with Crippen LogP contribution in [0.4, 0.5) is 0 Å². The fourth-order valence-electron chi connectivity index (χ4n) is 4.16. The lowest BCUT2D eigenvalue weighted by molar-refractivity contribution is -0.137. The molecule has 0 amide bonds. The van der Waals surface area contributed by atoms with Crippen molar-refractivity contribution in [1.29, 1.82) is 0 Å². The van der Waals surface area contributed by atoms with Crippen LogP contribution < -0.4 is 0 Å². The monoisotopic (exact) mass is 296 g/mol. The summed E-state index contributed by atoms with van der Waals surface area (Å²) in [6.07, 6.45) is 11.8. The number of unbranched alkanes of at least 4 members (excludes halogenated alkanes) is 1. The Labute approximate surface area is 134 Å². The largest absolute Gasteiger partial charge is 0.374 e. The first-order valence-corrected chi connectivity index (χ1v) is 9.51. The Bertz CT molecular complexity index is 286. The second kappa shape index (κ2) is 8.56. The molecule has 0 bridgehead atoms. The van der Waals surface area contributed by atoms with Gasteiger partial charge in [0.2, 0.25) is 0 Å². The lowest BCUT2D eigenvalue weighted by Crippen LogP contribution is -2.45. The highest BCUT2D eigenvalue weighted by atomic mass is 16.5. The molecule has 0 N–H and O–H groups in total. The minimum Gasteiger partial charge on any atom is -0.374 e. The van der Waals surface area contributed by atoms with Crippen molar-refractivity contribution in [2.45, 2.75) is 105 Å². The average Bonchev–Trinajstić information content (AvgIpc) is 2.43. The van der Waals surface area contributed by atoms with Gasteiger partial charge < -0.3 is 4.74 Å². The Morgan fingerprint density at radius 2 is 1.90 bits per heavy atom. The van der Waals surface area contributed by atoms with Crippen molar-refractivity contribution in [3.63, 3.8) is 0 Å². The average molecular weight is 297 g/mol. The van der Waals surface area contributed by atoms with Gasteiger partial charge in [-0.05, 0) is 42.9 Å². The van der Waals surface area contributed by atoms with Gasteiger partial charge in [0.05, 0.1) is 12.2 Å². The molecular weight excluding hydrogens is 256 g/mol. The fourth-order valence-corrected chi connectivity index (χ4v) is 4.16. The molecule has 0 heterocycles. The molecule has 1 heteroatoms. The Kier molecular flexibility index (Phi) is 7.74. The van der Waals surface area contributed by atoms with Crippen molar-refractivity contribution in [2.75, 3.05) is 6.61 Å². The summed E-state index contributed by atoms with van der Waals surface area (Å²) in [5.41, 5.74) is 0.534. The zero-order chi connectivity index (χ0) is 15.9. The maximum Gasteiger partial charge on any atom is 0.0708 e. The highest BCUT2D eigenvalue weighted by Crippen LogP contribution is 2.42. The zero-order valence-corrected chi connectivity index (χ0v) is 15.6. The van der Waals surface area contributed by atoms with Gasteiger partial charge in [0.25, 0.3) is 0 Å². The van der Waals surface area contributed by atoms with E-state index < -0.39 is 0 Å². The first kappa shape index (κ1) is 19.0. The molecule has 21 heavy (non-hydrogen) atoms. The van der Waals surface area contributed by atoms with Gasteiger partial charge in [-0.1, -0.05) is 73.6 Å². The predicted octanol–water partition coefficient (Wildman–Crippen LogP) is 6.60. The Hall–Kier alpha value is -0.0400.